The number of benzene rings is 8. The van der Waals surface area contributed by atoms with E-state index in [1.807, 2.05) is 41.5 Å². The van der Waals surface area contributed by atoms with Gasteiger partial charge in [-0.05, 0) is 137 Å². The van der Waals surface area contributed by atoms with E-state index in [9.17, 15) is 0 Å². The van der Waals surface area contributed by atoms with E-state index in [1.165, 1.54) is 107 Å². The predicted octanol–water partition coefficient (Wildman–Crippen LogP) is 21.3. The molecule has 0 radical (unpaired) electrons. The molecule has 0 aliphatic heterocycles. The summed E-state index contributed by atoms with van der Waals surface area (Å²) in [6.45, 7) is 29.5. The second-order valence-corrected chi connectivity index (χ2v) is 16.6. The monoisotopic (exact) mass is 899 g/mol. The van der Waals surface area contributed by atoms with Crippen molar-refractivity contribution in [1.82, 2.24) is 0 Å². The van der Waals surface area contributed by atoms with Gasteiger partial charge in [-0.15, -0.1) is 0 Å². The van der Waals surface area contributed by atoms with Crippen LogP contribution in [0.4, 0.5) is 0 Å². The summed E-state index contributed by atoms with van der Waals surface area (Å²) in [7, 11) is 0. The first kappa shape index (κ1) is 55.8. The number of hydrogen-bond donors (Lipinski definition) is 0. The number of unbranched alkanes of at least 4 members (excludes halogenated alkanes) is 1. The quantitative estimate of drug-likeness (QED) is 0.156. The lowest BCUT2D eigenvalue weighted by Gasteiger charge is -2.16. The minimum atomic E-state index is 0.536. The molecule has 0 fully saturated rings. The highest BCUT2D eigenvalue weighted by molar-refractivity contribution is 5.87. The Kier molecular flexibility index (Phi) is 25.2. The Morgan fingerprint density at radius 3 is 1.29 bits per heavy atom. The van der Waals surface area contributed by atoms with E-state index >= 15 is 0 Å². The van der Waals surface area contributed by atoms with E-state index in [0.29, 0.717) is 5.92 Å². The van der Waals surface area contributed by atoms with E-state index in [-0.39, 0.29) is 0 Å². The largest absolute Gasteiger partial charge is 0.0807 e. The Balaban J connectivity index is 0.000000248. The zero-order valence-corrected chi connectivity index (χ0v) is 44.3. The summed E-state index contributed by atoms with van der Waals surface area (Å²) in [5.74, 6) is 0.536. The fraction of sp³-hybridized carbons (Fsp3) is 0.265. The third-order valence-corrected chi connectivity index (χ3v) is 12.0. The van der Waals surface area contributed by atoms with Gasteiger partial charge in [0.15, 0.2) is 0 Å². The number of fused-ring (bicyclic) bond motifs is 1. The van der Waals surface area contributed by atoms with Crippen molar-refractivity contribution < 1.29 is 0 Å². The van der Waals surface area contributed by atoms with Crippen molar-refractivity contribution in [2.75, 3.05) is 0 Å². The molecule has 0 nitrogen and oxygen atoms in total. The molecule has 0 spiro atoms. The van der Waals surface area contributed by atoms with Crippen LogP contribution in [0.5, 0.6) is 0 Å². The van der Waals surface area contributed by atoms with Gasteiger partial charge in [0.25, 0.3) is 0 Å². The van der Waals surface area contributed by atoms with Crippen LogP contribution in [-0.2, 0) is 0 Å². The predicted molar refractivity (Wildman–Crippen MR) is 307 cm³/mol. The van der Waals surface area contributed by atoms with Gasteiger partial charge in [-0.1, -0.05) is 274 Å². The van der Waals surface area contributed by atoms with Crippen LogP contribution in [0.1, 0.15) is 121 Å². The van der Waals surface area contributed by atoms with Crippen molar-refractivity contribution >= 4 is 10.8 Å². The lowest BCUT2D eigenvalue weighted by atomic mass is 9.88. The van der Waals surface area contributed by atoms with Crippen LogP contribution in [0.15, 0.2) is 206 Å². The molecule has 0 heterocycles. The zero-order chi connectivity index (χ0) is 49.8. The molecule has 1 unspecified atom stereocenters. The van der Waals surface area contributed by atoms with E-state index in [1.54, 1.807) is 0 Å². The van der Waals surface area contributed by atoms with Crippen LogP contribution < -0.4 is 0 Å². The Labute approximate surface area is 414 Å². The van der Waals surface area contributed by atoms with Gasteiger partial charge in [-0.2, -0.15) is 0 Å². The van der Waals surface area contributed by atoms with Gasteiger partial charge in [-0.25, -0.2) is 0 Å². The van der Waals surface area contributed by atoms with Crippen LogP contribution >= 0.6 is 0 Å². The highest BCUT2D eigenvalue weighted by Crippen LogP contribution is 2.35. The van der Waals surface area contributed by atoms with Gasteiger partial charge in [0.05, 0.1) is 0 Å². The average molecular weight is 899 g/mol. The summed E-state index contributed by atoms with van der Waals surface area (Å²) in [6.07, 6.45) is 10.6. The Bertz CT molecular complexity index is 2630. The molecule has 0 bridgehead atoms. The first-order valence-electron chi connectivity index (χ1n) is 25.4. The van der Waals surface area contributed by atoms with Gasteiger partial charge < -0.3 is 0 Å². The fourth-order valence-electron chi connectivity index (χ4n) is 7.80. The molecule has 1 aliphatic rings. The first-order valence-corrected chi connectivity index (χ1v) is 25.4. The summed E-state index contributed by atoms with van der Waals surface area (Å²) in [5, 5.41) is 2.59. The lowest BCUT2D eigenvalue weighted by molar-refractivity contribution is 0.845. The molecule has 0 saturated carbocycles. The molecular formula is C68H82. The second-order valence-electron chi connectivity index (χ2n) is 16.6. The van der Waals surface area contributed by atoms with Crippen molar-refractivity contribution in [3.8, 4) is 44.5 Å². The van der Waals surface area contributed by atoms with E-state index in [2.05, 4.69) is 256 Å². The van der Waals surface area contributed by atoms with Crippen LogP contribution in [0.2, 0.25) is 0 Å². The van der Waals surface area contributed by atoms with Crippen LogP contribution in [0.25, 0.3) is 55.3 Å². The Hall–Kier alpha value is -6.50. The molecule has 354 valence electrons. The Morgan fingerprint density at radius 1 is 0.382 bits per heavy atom. The summed E-state index contributed by atoms with van der Waals surface area (Å²) in [6, 6.07) is 65.0. The topological polar surface area (TPSA) is 0 Å². The molecule has 0 heteroatoms. The minimum Gasteiger partial charge on any atom is -0.0807 e. The maximum absolute atomic E-state index is 2.32. The van der Waals surface area contributed by atoms with E-state index < -0.39 is 0 Å². The molecule has 0 amide bonds. The molecule has 0 N–H and O–H groups in total. The third-order valence-electron chi connectivity index (χ3n) is 12.0. The third kappa shape index (κ3) is 16.4. The van der Waals surface area contributed by atoms with Crippen molar-refractivity contribution in [1.29, 1.82) is 0 Å². The second kappa shape index (κ2) is 30.7. The SMILES string of the molecule is CC.CC.CC.CC1=CCC(c2ccc(-c3ccccc3)cc2)C=C1.CCCC.Cc1ccc(-c2ccc3ccccc3c2)cc1.Cc1ccccc1-c1ccc(-c2ccccc2C)c(C)c1C. The first-order chi connectivity index (χ1) is 33.2. The molecule has 1 atom stereocenters. The molecule has 1 aliphatic carbocycles. The summed E-state index contributed by atoms with van der Waals surface area (Å²) in [4.78, 5) is 0. The zero-order valence-electron chi connectivity index (χ0n) is 44.3. The molecule has 68 heavy (non-hydrogen) atoms. The number of allylic oxidation sites excluding steroid dienone is 4. The molecular weight excluding hydrogens is 817 g/mol. The Morgan fingerprint density at radius 2 is 0.809 bits per heavy atom. The highest BCUT2D eigenvalue weighted by Gasteiger charge is 2.13. The van der Waals surface area contributed by atoms with Crippen molar-refractivity contribution in [2.24, 2.45) is 0 Å². The standard InChI is InChI=1S/C22H22.C19H18.C17H14.C4H10.3C2H6/c1-15-9-5-7-11-19(15)21-13-14-22(18(4)17(21)3)20-12-8-6-10-16(20)2;1-15-7-9-17(10-8-15)19-13-11-18(12-14-19)16-5-3-2-4-6-16;1-13-6-8-15(9-7-13)17-11-10-14-4-2-3-5-16(14)12-17;1-3-4-2;3*1-2/h5-14H,1-4H3;2-9,11-14,17H,10H2,1H3;2-12H,1H3;3-4H2,1-2H3;3*1-2H3. The molecule has 0 saturated heterocycles. The average Bonchev–Trinajstić information content (AvgIpc) is 3.40. The van der Waals surface area contributed by atoms with Gasteiger partial charge in [-0.3, -0.25) is 0 Å². The van der Waals surface area contributed by atoms with Crippen LogP contribution in [0, 0.1) is 34.6 Å². The lowest BCUT2D eigenvalue weighted by Crippen LogP contribution is -1.97. The van der Waals surface area contributed by atoms with Crippen molar-refractivity contribution in [2.45, 2.75) is 122 Å². The van der Waals surface area contributed by atoms with E-state index in [0.717, 1.165) is 6.42 Å². The minimum absolute atomic E-state index is 0.536. The maximum atomic E-state index is 2.32. The van der Waals surface area contributed by atoms with Crippen molar-refractivity contribution in [3.05, 3.63) is 239 Å². The maximum Gasteiger partial charge on any atom is 0.00559 e. The molecule has 8 aromatic rings. The summed E-state index contributed by atoms with van der Waals surface area (Å²) >= 11 is 0. The van der Waals surface area contributed by atoms with Crippen LogP contribution in [0.3, 0.4) is 0 Å². The van der Waals surface area contributed by atoms with Gasteiger partial charge in [0.1, 0.15) is 0 Å². The molecule has 0 aromatic heterocycles. The number of rotatable bonds is 6. The highest BCUT2D eigenvalue weighted by atomic mass is 14.2. The smallest absolute Gasteiger partial charge is 0.00559 e. The molecule has 9 rings (SSSR count). The van der Waals surface area contributed by atoms with Gasteiger partial charge >= 0.3 is 0 Å². The van der Waals surface area contributed by atoms with Gasteiger partial charge in [0, 0.05) is 5.92 Å². The van der Waals surface area contributed by atoms with E-state index in [4.69, 9.17) is 0 Å². The number of hydrogen-bond acceptors (Lipinski definition) is 0. The van der Waals surface area contributed by atoms with Gasteiger partial charge in [0.2, 0.25) is 0 Å². The molecule has 8 aromatic carbocycles. The fourth-order valence-corrected chi connectivity index (χ4v) is 7.80. The summed E-state index contributed by atoms with van der Waals surface area (Å²) in [5.41, 5.74) is 19.9. The number of aryl methyl sites for hydroxylation is 3. The summed E-state index contributed by atoms with van der Waals surface area (Å²) < 4.78 is 0. The van der Waals surface area contributed by atoms with Crippen LogP contribution in [-0.4, -0.2) is 0 Å². The van der Waals surface area contributed by atoms with Crippen molar-refractivity contribution in [3.63, 3.8) is 0 Å². The normalized spacial score (nSPS) is 11.9.